The molecular formula is C9H11NO3. The Morgan fingerprint density at radius 1 is 1.46 bits per heavy atom. The minimum absolute atomic E-state index is 0.0486. The molecule has 2 N–H and O–H groups in total. The summed E-state index contributed by atoms with van der Waals surface area (Å²) < 4.78 is 5.23. The first-order valence-corrected chi connectivity index (χ1v) is 4.62. The Kier molecular flexibility index (Phi) is 1.23. The lowest BCUT2D eigenvalue weighted by Gasteiger charge is -2.27. The molecule has 2 aliphatic carbocycles. The molecule has 1 aliphatic heterocycles. The minimum atomic E-state index is -0.991. The molecule has 3 rings (SSSR count). The van der Waals surface area contributed by atoms with Gasteiger partial charge < -0.3 is 14.9 Å². The lowest BCUT2D eigenvalue weighted by atomic mass is 9.74. The summed E-state index contributed by atoms with van der Waals surface area (Å²) in [5.74, 6) is 0.208. The summed E-state index contributed by atoms with van der Waals surface area (Å²) in [6, 6.07) is 2.18. The number of rotatable bonds is 0. The second kappa shape index (κ2) is 2.06. The molecule has 3 fully saturated rings. The Morgan fingerprint density at radius 3 is 2.85 bits per heavy atom. The number of ether oxygens (including phenoxy) is 1. The number of nitrogens with zero attached hydrogens (tertiary/aromatic N) is 1. The summed E-state index contributed by atoms with van der Waals surface area (Å²) >= 11 is 0. The van der Waals surface area contributed by atoms with Crippen LogP contribution >= 0.6 is 0 Å². The van der Waals surface area contributed by atoms with Gasteiger partial charge in [0.05, 0.1) is 18.3 Å². The van der Waals surface area contributed by atoms with E-state index in [1.54, 1.807) is 0 Å². The van der Waals surface area contributed by atoms with Gasteiger partial charge in [-0.1, -0.05) is 0 Å². The van der Waals surface area contributed by atoms with E-state index in [0.717, 1.165) is 6.42 Å². The van der Waals surface area contributed by atoms with Crippen LogP contribution in [0.5, 0.6) is 0 Å². The van der Waals surface area contributed by atoms with Crippen LogP contribution in [-0.2, 0) is 4.74 Å². The van der Waals surface area contributed by atoms with E-state index in [1.165, 1.54) is 0 Å². The molecule has 0 aromatic carbocycles. The zero-order chi connectivity index (χ0) is 9.22. The van der Waals surface area contributed by atoms with Gasteiger partial charge in [-0.2, -0.15) is 5.26 Å². The summed E-state index contributed by atoms with van der Waals surface area (Å²) in [6.07, 6.45) is -0.338. The average Bonchev–Trinajstić information content (AvgIpc) is 2.68. The fourth-order valence-electron chi connectivity index (χ4n) is 3.31. The number of aliphatic hydroxyl groups is 2. The molecule has 0 aromatic rings. The highest BCUT2D eigenvalue weighted by Gasteiger charge is 2.69. The third kappa shape index (κ3) is 0.644. The molecule has 4 heteroatoms. The number of hydrogen-bond donors (Lipinski definition) is 2. The predicted molar refractivity (Wildman–Crippen MR) is 41.1 cm³/mol. The van der Waals surface area contributed by atoms with Crippen molar-refractivity contribution in [3.63, 3.8) is 0 Å². The maximum absolute atomic E-state index is 9.69. The van der Waals surface area contributed by atoms with E-state index < -0.39 is 17.8 Å². The van der Waals surface area contributed by atoms with Gasteiger partial charge in [0, 0.05) is 5.92 Å². The largest absolute Gasteiger partial charge is 0.390 e. The molecule has 1 heterocycles. The topological polar surface area (TPSA) is 73.5 Å². The van der Waals surface area contributed by atoms with Crippen molar-refractivity contribution >= 4 is 0 Å². The summed E-state index contributed by atoms with van der Waals surface area (Å²) in [5, 5.41) is 28.3. The van der Waals surface area contributed by atoms with Gasteiger partial charge in [0.15, 0.2) is 6.29 Å². The predicted octanol–water partition coefficient (Wildman–Crippen LogP) is -0.386. The number of aliphatic hydroxyl groups excluding tert-OH is 2. The van der Waals surface area contributed by atoms with Crippen LogP contribution in [0.4, 0.5) is 0 Å². The van der Waals surface area contributed by atoms with E-state index in [0.29, 0.717) is 6.42 Å². The monoisotopic (exact) mass is 181 g/mol. The molecule has 70 valence electrons. The quantitative estimate of drug-likeness (QED) is 0.534. The van der Waals surface area contributed by atoms with Gasteiger partial charge in [0.2, 0.25) is 0 Å². The second-order valence-electron chi connectivity index (χ2n) is 4.40. The van der Waals surface area contributed by atoms with Crippen molar-refractivity contribution in [3.8, 4) is 6.07 Å². The van der Waals surface area contributed by atoms with Crippen LogP contribution < -0.4 is 0 Å². The van der Waals surface area contributed by atoms with Crippen LogP contribution in [0.3, 0.4) is 0 Å². The molecule has 0 spiro atoms. The standard InChI is InChI=1S/C9H11NO3/c10-3-9-2-4-1-5(9)7(6(4)11)13-8(9)12/h4-8,11-12H,1-2H2. The Balaban J connectivity index is 2.07. The van der Waals surface area contributed by atoms with Crippen LogP contribution in [0.15, 0.2) is 0 Å². The van der Waals surface area contributed by atoms with Crippen LogP contribution in [0.25, 0.3) is 0 Å². The molecule has 0 radical (unpaired) electrons. The molecule has 1 saturated heterocycles. The molecule has 3 aliphatic rings. The van der Waals surface area contributed by atoms with E-state index in [4.69, 9.17) is 10.00 Å². The third-order valence-corrected chi connectivity index (χ3v) is 3.97. The van der Waals surface area contributed by atoms with Crippen molar-refractivity contribution in [1.82, 2.24) is 0 Å². The Morgan fingerprint density at radius 2 is 2.23 bits per heavy atom. The van der Waals surface area contributed by atoms with Crippen molar-refractivity contribution in [2.24, 2.45) is 17.3 Å². The fraction of sp³-hybridized carbons (Fsp3) is 0.889. The number of nitriles is 1. The Bertz CT molecular complexity index is 300. The maximum Gasteiger partial charge on any atom is 0.174 e. The van der Waals surface area contributed by atoms with Gasteiger partial charge in [-0.25, -0.2) is 0 Å². The van der Waals surface area contributed by atoms with Gasteiger partial charge >= 0.3 is 0 Å². The highest BCUT2D eigenvalue weighted by Crippen LogP contribution is 2.62. The number of fused-ring (bicyclic) bond motifs is 1. The van der Waals surface area contributed by atoms with E-state index in [2.05, 4.69) is 6.07 Å². The van der Waals surface area contributed by atoms with Crippen molar-refractivity contribution < 1.29 is 14.9 Å². The van der Waals surface area contributed by atoms with Crippen LogP contribution in [-0.4, -0.2) is 28.7 Å². The molecule has 2 saturated carbocycles. The van der Waals surface area contributed by atoms with E-state index in [-0.39, 0.29) is 17.9 Å². The lowest BCUT2D eigenvalue weighted by molar-refractivity contribution is -0.129. The summed E-state index contributed by atoms with van der Waals surface area (Å²) in [7, 11) is 0. The lowest BCUT2D eigenvalue weighted by Crippen LogP contribution is -2.37. The molecule has 2 bridgehead atoms. The van der Waals surface area contributed by atoms with Gasteiger partial charge in [0.25, 0.3) is 0 Å². The van der Waals surface area contributed by atoms with Gasteiger partial charge in [-0.3, -0.25) is 0 Å². The van der Waals surface area contributed by atoms with Gasteiger partial charge in [0.1, 0.15) is 5.41 Å². The van der Waals surface area contributed by atoms with Crippen molar-refractivity contribution in [3.05, 3.63) is 0 Å². The zero-order valence-electron chi connectivity index (χ0n) is 7.05. The Labute approximate surface area is 75.7 Å². The summed E-state index contributed by atoms with van der Waals surface area (Å²) in [5.41, 5.74) is -0.714. The molecule has 4 nitrogen and oxygen atoms in total. The van der Waals surface area contributed by atoms with E-state index in [1.807, 2.05) is 0 Å². The van der Waals surface area contributed by atoms with E-state index >= 15 is 0 Å². The average molecular weight is 181 g/mol. The molecule has 13 heavy (non-hydrogen) atoms. The third-order valence-electron chi connectivity index (χ3n) is 3.97. The minimum Gasteiger partial charge on any atom is -0.390 e. The molecule has 0 amide bonds. The van der Waals surface area contributed by atoms with Crippen LogP contribution in [0.1, 0.15) is 12.8 Å². The molecule has 6 unspecified atom stereocenters. The first-order valence-electron chi connectivity index (χ1n) is 4.62. The molecule has 0 aromatic heterocycles. The van der Waals surface area contributed by atoms with Crippen molar-refractivity contribution in [2.45, 2.75) is 31.3 Å². The fourth-order valence-corrected chi connectivity index (χ4v) is 3.31. The van der Waals surface area contributed by atoms with Crippen LogP contribution in [0, 0.1) is 28.6 Å². The zero-order valence-corrected chi connectivity index (χ0v) is 7.05. The highest BCUT2D eigenvalue weighted by atomic mass is 16.6. The van der Waals surface area contributed by atoms with Gasteiger partial charge in [-0.15, -0.1) is 0 Å². The summed E-state index contributed by atoms with van der Waals surface area (Å²) in [6.45, 7) is 0. The van der Waals surface area contributed by atoms with Gasteiger partial charge in [-0.05, 0) is 18.8 Å². The number of hydrogen-bond acceptors (Lipinski definition) is 4. The molecular weight excluding hydrogens is 170 g/mol. The smallest absolute Gasteiger partial charge is 0.174 e. The van der Waals surface area contributed by atoms with E-state index in [9.17, 15) is 10.2 Å². The van der Waals surface area contributed by atoms with Crippen molar-refractivity contribution in [2.75, 3.05) is 0 Å². The van der Waals surface area contributed by atoms with Crippen molar-refractivity contribution in [1.29, 1.82) is 5.26 Å². The summed E-state index contributed by atoms with van der Waals surface area (Å²) in [4.78, 5) is 0. The highest BCUT2D eigenvalue weighted by molar-refractivity contribution is 5.21. The first-order chi connectivity index (χ1) is 6.19. The SMILES string of the molecule is N#CC12CC3CC1C(OC2O)C3O. The first kappa shape index (κ1) is 7.74. The normalized spacial score (nSPS) is 62.7. The maximum atomic E-state index is 9.69. The second-order valence-corrected chi connectivity index (χ2v) is 4.40. The Hall–Kier alpha value is -0.630. The molecule has 6 atom stereocenters. The van der Waals surface area contributed by atoms with Crippen LogP contribution in [0.2, 0.25) is 0 Å².